The molecule has 3 aromatic rings. The van der Waals surface area contributed by atoms with Crippen molar-refractivity contribution in [3.8, 4) is 11.4 Å². The minimum absolute atomic E-state index is 0.0899. The maximum absolute atomic E-state index is 12.7. The van der Waals surface area contributed by atoms with Crippen LogP contribution < -0.4 is 5.56 Å². The lowest BCUT2D eigenvalue weighted by atomic mass is 10.0. The van der Waals surface area contributed by atoms with Crippen molar-refractivity contribution in [1.82, 2.24) is 9.55 Å². The van der Waals surface area contributed by atoms with Gasteiger partial charge in [-0.3, -0.25) is 9.36 Å². The van der Waals surface area contributed by atoms with Crippen LogP contribution in [0.15, 0.2) is 41.5 Å². The van der Waals surface area contributed by atoms with Crippen molar-refractivity contribution in [3.05, 3.63) is 51.9 Å². The Morgan fingerprint density at radius 2 is 2.00 bits per heavy atom. The number of nitrogens with zero attached hydrogens (tertiary/aromatic N) is 2. The summed E-state index contributed by atoms with van der Waals surface area (Å²) in [7, 11) is 1.71. The summed E-state index contributed by atoms with van der Waals surface area (Å²) in [6.07, 6.45) is 3.26. The number of phenolic OH excluding ortho intramolecular Hbond substituents is 1. The van der Waals surface area contributed by atoms with Crippen molar-refractivity contribution >= 4 is 21.6 Å². The number of thiophene rings is 1. The number of ether oxygens (including phenoxy) is 1. The first-order valence-electron chi connectivity index (χ1n) is 7.74. The number of aromatic nitrogens is 2. The quantitative estimate of drug-likeness (QED) is 0.769. The number of rotatable bonds is 5. The average molecular weight is 344 g/mol. The molecule has 0 spiro atoms. The van der Waals surface area contributed by atoms with Crippen molar-refractivity contribution in [2.24, 2.45) is 0 Å². The maximum Gasteiger partial charge on any atom is 0.275 e. The molecule has 0 amide bonds. The van der Waals surface area contributed by atoms with E-state index >= 15 is 0 Å². The molecule has 5 nitrogen and oxygen atoms in total. The first-order valence-corrected chi connectivity index (χ1v) is 8.56. The van der Waals surface area contributed by atoms with Crippen molar-refractivity contribution in [1.29, 1.82) is 0 Å². The van der Waals surface area contributed by atoms with Crippen LogP contribution in [0, 0.1) is 0 Å². The van der Waals surface area contributed by atoms with E-state index < -0.39 is 0 Å². The van der Waals surface area contributed by atoms with Crippen LogP contribution in [0.2, 0.25) is 0 Å². The number of hydrogen-bond donors (Lipinski definition) is 1. The van der Waals surface area contributed by atoms with Crippen LogP contribution in [0.5, 0.6) is 5.75 Å². The molecule has 0 aliphatic heterocycles. The summed E-state index contributed by atoms with van der Waals surface area (Å²) in [5, 5.41) is 9.38. The van der Waals surface area contributed by atoms with Gasteiger partial charge in [-0.1, -0.05) is 0 Å². The van der Waals surface area contributed by atoms with Gasteiger partial charge in [0.05, 0.1) is 16.8 Å². The Labute approximate surface area is 144 Å². The van der Waals surface area contributed by atoms with Gasteiger partial charge in [0.25, 0.3) is 5.56 Å². The lowest BCUT2D eigenvalue weighted by Gasteiger charge is -2.22. The van der Waals surface area contributed by atoms with Gasteiger partial charge in [0.15, 0.2) is 0 Å². The lowest BCUT2D eigenvalue weighted by Crippen LogP contribution is -2.22. The zero-order valence-electron chi connectivity index (χ0n) is 13.9. The van der Waals surface area contributed by atoms with Gasteiger partial charge >= 0.3 is 0 Å². The number of phenols is 1. The normalized spacial score (nSPS) is 12.0. The highest BCUT2D eigenvalue weighted by Crippen LogP contribution is 2.25. The maximum atomic E-state index is 12.7. The van der Waals surface area contributed by atoms with E-state index in [0.29, 0.717) is 10.4 Å². The molecular formula is C18H20N2O3S. The van der Waals surface area contributed by atoms with Gasteiger partial charge in [-0.2, -0.15) is 0 Å². The second-order valence-electron chi connectivity index (χ2n) is 6.33. The van der Waals surface area contributed by atoms with Gasteiger partial charge in [0, 0.05) is 12.0 Å². The van der Waals surface area contributed by atoms with Crippen LogP contribution in [-0.2, 0) is 11.2 Å². The lowest BCUT2D eigenvalue weighted by molar-refractivity contribution is 0.0159. The zero-order chi connectivity index (χ0) is 17.3. The Bertz CT molecular complexity index is 910. The topological polar surface area (TPSA) is 64.3 Å². The van der Waals surface area contributed by atoms with Gasteiger partial charge in [0.1, 0.15) is 16.8 Å². The molecule has 0 saturated heterocycles. The van der Waals surface area contributed by atoms with Crippen LogP contribution >= 0.6 is 11.3 Å². The van der Waals surface area contributed by atoms with E-state index in [2.05, 4.69) is 18.8 Å². The van der Waals surface area contributed by atoms with E-state index in [1.165, 1.54) is 22.2 Å². The average Bonchev–Trinajstić information content (AvgIpc) is 2.99. The molecule has 0 fully saturated rings. The Kier molecular flexibility index (Phi) is 4.43. The van der Waals surface area contributed by atoms with E-state index in [4.69, 9.17) is 4.74 Å². The summed E-state index contributed by atoms with van der Waals surface area (Å²) in [5.74, 6) is 0.167. The molecule has 3 rings (SSSR count). The van der Waals surface area contributed by atoms with Crippen LogP contribution in [0.4, 0.5) is 0 Å². The zero-order valence-corrected chi connectivity index (χ0v) is 14.8. The van der Waals surface area contributed by atoms with Gasteiger partial charge in [-0.05, 0) is 57.0 Å². The third-order valence-electron chi connectivity index (χ3n) is 4.14. The highest BCUT2D eigenvalue weighted by atomic mass is 32.1. The fourth-order valence-corrected chi connectivity index (χ4v) is 3.45. The number of benzene rings is 1. The summed E-state index contributed by atoms with van der Waals surface area (Å²) in [6, 6.07) is 8.48. The van der Waals surface area contributed by atoms with E-state index in [1.54, 1.807) is 31.4 Å². The van der Waals surface area contributed by atoms with Crippen LogP contribution in [-0.4, -0.2) is 27.4 Å². The molecule has 0 radical (unpaired) electrons. The van der Waals surface area contributed by atoms with Crippen LogP contribution in [0.3, 0.4) is 0 Å². The van der Waals surface area contributed by atoms with Crippen LogP contribution in [0.25, 0.3) is 15.9 Å². The van der Waals surface area contributed by atoms with Gasteiger partial charge in [-0.25, -0.2) is 4.98 Å². The molecule has 0 saturated carbocycles. The first-order chi connectivity index (χ1) is 11.4. The molecular weight excluding hydrogens is 324 g/mol. The fraction of sp³-hybridized carbons (Fsp3) is 0.333. The van der Waals surface area contributed by atoms with E-state index in [1.807, 2.05) is 6.07 Å². The van der Waals surface area contributed by atoms with Gasteiger partial charge in [-0.15, -0.1) is 11.3 Å². The Morgan fingerprint density at radius 1 is 1.29 bits per heavy atom. The van der Waals surface area contributed by atoms with E-state index in [0.717, 1.165) is 23.2 Å². The first kappa shape index (κ1) is 16.7. The molecule has 2 heterocycles. The Morgan fingerprint density at radius 3 is 2.67 bits per heavy atom. The largest absolute Gasteiger partial charge is 0.508 e. The summed E-state index contributed by atoms with van der Waals surface area (Å²) in [4.78, 5) is 18.3. The number of aromatic hydroxyl groups is 1. The second kappa shape index (κ2) is 6.37. The van der Waals surface area contributed by atoms with E-state index in [9.17, 15) is 9.90 Å². The highest BCUT2D eigenvalue weighted by molar-refractivity contribution is 7.18. The van der Waals surface area contributed by atoms with Crippen molar-refractivity contribution in [2.45, 2.75) is 32.3 Å². The number of aryl methyl sites for hydroxylation is 1. The molecule has 0 atom stereocenters. The summed E-state index contributed by atoms with van der Waals surface area (Å²) < 4.78 is 7.60. The predicted molar refractivity (Wildman–Crippen MR) is 96.3 cm³/mol. The minimum Gasteiger partial charge on any atom is -0.508 e. The molecule has 6 heteroatoms. The summed E-state index contributed by atoms with van der Waals surface area (Å²) in [6.45, 7) is 4.10. The monoisotopic (exact) mass is 344 g/mol. The molecule has 0 bridgehead atoms. The number of fused-ring (bicyclic) bond motifs is 1. The molecule has 0 unspecified atom stereocenters. The molecule has 1 N–H and O–H groups in total. The molecule has 126 valence electrons. The van der Waals surface area contributed by atoms with E-state index in [-0.39, 0.29) is 16.9 Å². The highest BCUT2D eigenvalue weighted by Gasteiger charge is 2.17. The van der Waals surface area contributed by atoms with Crippen molar-refractivity contribution in [2.75, 3.05) is 7.11 Å². The minimum atomic E-state index is -0.185. The SMILES string of the molecule is COC(C)(C)CCc1cc2ncn(-c3ccc(O)cc3)c(=O)c2s1. The number of methoxy groups -OCH3 is 1. The van der Waals surface area contributed by atoms with Crippen LogP contribution in [0.1, 0.15) is 25.1 Å². The fourth-order valence-electron chi connectivity index (χ4n) is 2.41. The molecule has 2 aromatic heterocycles. The third kappa shape index (κ3) is 3.34. The standard InChI is InChI=1S/C18H20N2O3S/c1-18(2,23-3)9-8-14-10-15-16(24-14)17(22)20(11-19-15)12-4-6-13(21)7-5-12/h4-7,10-11,21H,8-9H2,1-3H3. The predicted octanol–water partition coefficient (Wildman–Crippen LogP) is 3.51. The Hall–Kier alpha value is -2.18. The van der Waals surface area contributed by atoms with Gasteiger partial charge < -0.3 is 9.84 Å². The number of hydrogen-bond acceptors (Lipinski definition) is 5. The second-order valence-corrected chi connectivity index (χ2v) is 7.46. The third-order valence-corrected chi connectivity index (χ3v) is 5.31. The molecule has 0 aliphatic rings. The van der Waals surface area contributed by atoms with Gasteiger partial charge in [0.2, 0.25) is 0 Å². The van der Waals surface area contributed by atoms with Crippen molar-refractivity contribution in [3.63, 3.8) is 0 Å². The smallest absolute Gasteiger partial charge is 0.275 e. The summed E-state index contributed by atoms with van der Waals surface area (Å²) >= 11 is 1.49. The summed E-state index contributed by atoms with van der Waals surface area (Å²) in [5.41, 5.74) is 1.14. The Balaban J connectivity index is 1.95. The molecule has 24 heavy (non-hydrogen) atoms. The molecule has 1 aromatic carbocycles. The van der Waals surface area contributed by atoms with Crippen molar-refractivity contribution < 1.29 is 9.84 Å². The molecule has 0 aliphatic carbocycles.